The molecule has 0 fully saturated rings. The van der Waals surface area contributed by atoms with Crippen LogP contribution in [0.15, 0.2) is 40.5 Å². The van der Waals surface area contributed by atoms with E-state index in [1.54, 1.807) is 16.3 Å². The van der Waals surface area contributed by atoms with Gasteiger partial charge in [0.2, 0.25) is 0 Å². The second-order valence-electron chi connectivity index (χ2n) is 4.22. The first-order chi connectivity index (χ1) is 9.15. The minimum Gasteiger partial charge on any atom is -0.199 e. The van der Waals surface area contributed by atoms with Gasteiger partial charge in [-0.1, -0.05) is 41.1 Å². The van der Waals surface area contributed by atoms with Crippen LogP contribution >= 0.6 is 23.4 Å². The largest absolute Gasteiger partial charge is 0.254 e. The molecular formula is C13H11ClN4S. The lowest BCUT2D eigenvalue weighted by atomic mass is 10.2. The van der Waals surface area contributed by atoms with E-state index in [1.165, 1.54) is 11.9 Å². The fraction of sp³-hybridized carbons (Fsp3) is 0.154. The first-order valence-corrected chi connectivity index (χ1v) is 6.95. The summed E-state index contributed by atoms with van der Waals surface area (Å²) >= 11 is 7.75. The molecule has 0 spiro atoms. The summed E-state index contributed by atoms with van der Waals surface area (Å²) in [5.41, 5.74) is 2.13. The van der Waals surface area contributed by atoms with Gasteiger partial charge in [0.25, 0.3) is 5.78 Å². The molecule has 0 amide bonds. The molecule has 0 saturated carbocycles. The van der Waals surface area contributed by atoms with Crippen LogP contribution in [0, 0.1) is 13.8 Å². The van der Waals surface area contributed by atoms with Crippen LogP contribution in [0.4, 0.5) is 0 Å². The van der Waals surface area contributed by atoms with Crippen LogP contribution < -0.4 is 0 Å². The summed E-state index contributed by atoms with van der Waals surface area (Å²) in [6.07, 6.45) is 1.48. The number of halogens is 1. The molecule has 0 aliphatic carbocycles. The van der Waals surface area contributed by atoms with E-state index >= 15 is 0 Å². The highest BCUT2D eigenvalue weighted by atomic mass is 35.5. The van der Waals surface area contributed by atoms with Crippen molar-refractivity contribution in [1.82, 2.24) is 19.6 Å². The monoisotopic (exact) mass is 290 g/mol. The number of rotatable bonds is 2. The minimum absolute atomic E-state index is 0.468. The molecule has 0 saturated heterocycles. The number of aromatic nitrogens is 4. The molecule has 0 bridgehead atoms. The normalized spacial score (nSPS) is 11.1. The van der Waals surface area contributed by atoms with Crippen LogP contribution in [0.1, 0.15) is 11.1 Å². The maximum atomic E-state index is 6.14. The highest BCUT2D eigenvalue weighted by Gasteiger charge is 2.13. The smallest absolute Gasteiger partial charge is 0.199 e. The van der Waals surface area contributed by atoms with Crippen molar-refractivity contribution in [2.75, 3.05) is 0 Å². The van der Waals surface area contributed by atoms with E-state index in [0.717, 1.165) is 15.5 Å². The molecule has 3 rings (SSSR count). The zero-order valence-corrected chi connectivity index (χ0v) is 12.0. The molecule has 0 unspecified atom stereocenters. The number of hydrogen-bond donors (Lipinski definition) is 0. The third-order valence-electron chi connectivity index (χ3n) is 2.75. The van der Waals surface area contributed by atoms with Gasteiger partial charge in [-0.3, -0.25) is 0 Å². The van der Waals surface area contributed by atoms with E-state index in [0.29, 0.717) is 10.9 Å². The molecule has 1 aromatic carbocycles. The number of hydrogen-bond acceptors (Lipinski definition) is 4. The third kappa shape index (κ3) is 2.31. The van der Waals surface area contributed by atoms with Gasteiger partial charge in [0, 0.05) is 10.5 Å². The molecule has 3 aromatic rings. The Morgan fingerprint density at radius 3 is 2.89 bits per heavy atom. The molecule has 0 radical (unpaired) electrons. The third-order valence-corrected chi connectivity index (χ3v) is 4.28. The number of benzene rings is 1. The predicted molar refractivity (Wildman–Crippen MR) is 75.8 cm³/mol. The lowest BCUT2D eigenvalue weighted by molar-refractivity contribution is 0.825. The molecular weight excluding hydrogens is 280 g/mol. The van der Waals surface area contributed by atoms with E-state index in [1.807, 2.05) is 13.0 Å². The quantitative estimate of drug-likeness (QED) is 0.677. The molecule has 6 heteroatoms. The Morgan fingerprint density at radius 1 is 1.26 bits per heavy atom. The van der Waals surface area contributed by atoms with E-state index in [-0.39, 0.29) is 0 Å². The maximum Gasteiger partial charge on any atom is 0.254 e. The molecule has 0 atom stereocenters. The van der Waals surface area contributed by atoms with Crippen molar-refractivity contribution >= 4 is 29.1 Å². The molecule has 0 aliphatic rings. The summed E-state index contributed by atoms with van der Waals surface area (Å²) in [7, 11) is 0. The zero-order valence-electron chi connectivity index (χ0n) is 10.5. The van der Waals surface area contributed by atoms with E-state index in [4.69, 9.17) is 11.6 Å². The van der Waals surface area contributed by atoms with Crippen molar-refractivity contribution in [3.63, 3.8) is 0 Å². The minimum atomic E-state index is 0.468. The van der Waals surface area contributed by atoms with Crippen LogP contribution in [0.2, 0.25) is 5.15 Å². The molecule has 4 nitrogen and oxygen atoms in total. The number of fused-ring (bicyclic) bond motifs is 1. The van der Waals surface area contributed by atoms with Crippen molar-refractivity contribution < 1.29 is 0 Å². The average molecular weight is 291 g/mol. The van der Waals surface area contributed by atoms with Gasteiger partial charge in [0.1, 0.15) is 16.5 Å². The van der Waals surface area contributed by atoms with Crippen LogP contribution in [-0.4, -0.2) is 19.6 Å². The topological polar surface area (TPSA) is 43.1 Å². The number of aryl methyl sites for hydroxylation is 1. The first-order valence-electron chi connectivity index (χ1n) is 5.75. The Labute approximate surface area is 119 Å². The van der Waals surface area contributed by atoms with Crippen molar-refractivity contribution in [1.29, 1.82) is 0 Å². The van der Waals surface area contributed by atoms with Crippen LogP contribution in [0.3, 0.4) is 0 Å². The zero-order chi connectivity index (χ0) is 13.4. The van der Waals surface area contributed by atoms with Crippen LogP contribution in [-0.2, 0) is 0 Å². The predicted octanol–water partition coefficient (Wildman–Crippen LogP) is 3.55. The highest BCUT2D eigenvalue weighted by Crippen LogP contribution is 2.32. The van der Waals surface area contributed by atoms with Gasteiger partial charge in [-0.15, -0.1) is 0 Å². The van der Waals surface area contributed by atoms with Gasteiger partial charge < -0.3 is 0 Å². The summed E-state index contributed by atoms with van der Waals surface area (Å²) in [6.45, 7) is 4.01. The SMILES string of the molecule is Cc1cccc(Sc2c(C)c(Cl)nc3ncnn23)c1. The van der Waals surface area contributed by atoms with Gasteiger partial charge in [-0.05, 0) is 26.0 Å². The Bertz CT molecular complexity index is 753. The molecule has 0 N–H and O–H groups in total. The van der Waals surface area contributed by atoms with Crippen LogP contribution in [0.5, 0.6) is 0 Å². The second kappa shape index (κ2) is 4.83. The Morgan fingerprint density at radius 2 is 2.11 bits per heavy atom. The first kappa shape index (κ1) is 12.4. The van der Waals surface area contributed by atoms with Gasteiger partial charge in [0.05, 0.1) is 0 Å². The molecule has 2 aromatic heterocycles. The molecule has 19 heavy (non-hydrogen) atoms. The summed E-state index contributed by atoms with van der Waals surface area (Å²) in [4.78, 5) is 9.42. The summed E-state index contributed by atoms with van der Waals surface area (Å²) in [6, 6.07) is 8.30. The van der Waals surface area contributed by atoms with Crippen molar-refractivity contribution in [2.45, 2.75) is 23.8 Å². The van der Waals surface area contributed by atoms with E-state index in [2.05, 4.69) is 40.2 Å². The van der Waals surface area contributed by atoms with Crippen molar-refractivity contribution in [3.05, 3.63) is 46.9 Å². The van der Waals surface area contributed by atoms with Crippen molar-refractivity contribution in [3.8, 4) is 0 Å². The fourth-order valence-corrected chi connectivity index (χ4v) is 3.08. The standard InChI is InChI=1S/C13H11ClN4S/c1-8-4-3-5-10(6-8)19-12-9(2)11(14)17-13-15-7-16-18(12)13/h3-7H,1-2H3. The summed E-state index contributed by atoms with van der Waals surface area (Å²) in [5, 5.41) is 5.61. The molecule has 96 valence electrons. The van der Waals surface area contributed by atoms with Gasteiger partial charge >= 0.3 is 0 Å². The second-order valence-corrected chi connectivity index (χ2v) is 5.64. The van der Waals surface area contributed by atoms with Gasteiger partial charge in [0.15, 0.2) is 0 Å². The molecule has 0 aliphatic heterocycles. The van der Waals surface area contributed by atoms with E-state index in [9.17, 15) is 0 Å². The lowest BCUT2D eigenvalue weighted by Crippen LogP contribution is -1.99. The van der Waals surface area contributed by atoms with Crippen molar-refractivity contribution in [2.24, 2.45) is 0 Å². The summed E-state index contributed by atoms with van der Waals surface area (Å²) in [5.74, 6) is 0.519. The van der Waals surface area contributed by atoms with E-state index < -0.39 is 0 Å². The fourth-order valence-electron chi connectivity index (χ4n) is 1.78. The summed E-state index contributed by atoms with van der Waals surface area (Å²) < 4.78 is 1.72. The van der Waals surface area contributed by atoms with Gasteiger partial charge in [-0.2, -0.15) is 19.6 Å². The van der Waals surface area contributed by atoms with Gasteiger partial charge in [-0.25, -0.2) is 0 Å². The maximum absolute atomic E-state index is 6.14. The Hall–Kier alpha value is -1.59. The average Bonchev–Trinajstić information content (AvgIpc) is 2.83. The lowest BCUT2D eigenvalue weighted by Gasteiger charge is -2.08. The number of nitrogens with zero attached hydrogens (tertiary/aromatic N) is 4. The Balaban J connectivity index is 2.14. The molecule has 2 heterocycles. The Kier molecular flexibility index (Phi) is 3.16. The highest BCUT2D eigenvalue weighted by molar-refractivity contribution is 7.99. The van der Waals surface area contributed by atoms with Crippen LogP contribution in [0.25, 0.3) is 5.78 Å².